The van der Waals surface area contributed by atoms with Gasteiger partial charge in [-0.15, -0.1) is 0 Å². The normalized spacial score (nSPS) is 14.6. The number of imidazole rings is 1. The first kappa shape index (κ1) is 28.7. The maximum atomic E-state index is 14.5. The van der Waals surface area contributed by atoms with Crippen LogP contribution in [0.3, 0.4) is 0 Å². The molecule has 38 heavy (non-hydrogen) atoms. The number of carbonyl (C=O) groups is 3. The predicted molar refractivity (Wildman–Crippen MR) is 136 cm³/mol. The highest BCUT2D eigenvalue weighted by Crippen LogP contribution is 2.40. The fourth-order valence-corrected chi connectivity index (χ4v) is 4.94. The van der Waals surface area contributed by atoms with E-state index in [1.165, 1.54) is 0 Å². The third kappa shape index (κ3) is 6.53. The quantitative estimate of drug-likeness (QED) is 0.265. The van der Waals surface area contributed by atoms with Crippen molar-refractivity contribution in [2.24, 2.45) is 0 Å². The summed E-state index contributed by atoms with van der Waals surface area (Å²) in [6.07, 6.45) is 1.92. The van der Waals surface area contributed by atoms with Gasteiger partial charge in [0.2, 0.25) is 0 Å². The van der Waals surface area contributed by atoms with E-state index in [-0.39, 0.29) is 11.4 Å². The van der Waals surface area contributed by atoms with Gasteiger partial charge in [-0.1, -0.05) is 43.2 Å². The molecule has 1 aliphatic carbocycles. The highest BCUT2D eigenvalue weighted by Gasteiger charge is 2.41. The fraction of sp³-hybridized carbons (Fsp3) is 0.407. The van der Waals surface area contributed by atoms with Crippen LogP contribution in [0.5, 0.6) is 0 Å². The number of hydrogen-bond acceptors (Lipinski definition) is 6. The molecule has 1 aliphatic rings. The molecule has 0 radical (unpaired) electrons. The van der Waals surface area contributed by atoms with E-state index in [0.29, 0.717) is 6.54 Å². The van der Waals surface area contributed by atoms with Crippen LogP contribution in [0.1, 0.15) is 56.8 Å². The number of para-hydroxylation sites is 2. The Bertz CT molecular complexity index is 1280. The number of aromatic nitrogens is 2. The Balaban J connectivity index is 0.000000263. The van der Waals surface area contributed by atoms with Crippen LogP contribution in [0.4, 0.5) is 4.39 Å². The number of benzene rings is 2. The molecule has 0 spiro atoms. The second kappa shape index (κ2) is 12.1. The Labute approximate surface area is 218 Å². The molecule has 2 aromatic carbocycles. The third-order valence-electron chi connectivity index (χ3n) is 6.77. The van der Waals surface area contributed by atoms with Crippen molar-refractivity contribution in [2.45, 2.75) is 69.7 Å². The molecular formula is C27H32FN3O7. The van der Waals surface area contributed by atoms with Crippen LogP contribution in [0.15, 0.2) is 48.5 Å². The molecule has 0 aliphatic heterocycles. The fourth-order valence-electron chi connectivity index (χ4n) is 4.94. The highest BCUT2D eigenvalue weighted by atomic mass is 19.1. The Hall–Kier alpha value is -3.83. The molecule has 3 aromatic rings. The predicted octanol–water partition coefficient (Wildman–Crippen LogP) is 3.51. The number of carboxylic acids is 3. The van der Waals surface area contributed by atoms with Gasteiger partial charge in [0.25, 0.3) is 0 Å². The van der Waals surface area contributed by atoms with Gasteiger partial charge in [0, 0.05) is 17.6 Å². The average Bonchev–Trinajstić information content (AvgIpc) is 3.47. The number of aliphatic carboxylic acids is 3. The second-order valence-corrected chi connectivity index (χ2v) is 9.36. The number of aryl methyl sites for hydroxylation is 1. The first-order valence-electron chi connectivity index (χ1n) is 12.3. The number of hydrogen-bond donors (Lipinski definition) is 5. The molecule has 1 saturated carbocycles. The topological polar surface area (TPSA) is 162 Å². The minimum absolute atomic E-state index is 0.110. The number of rotatable bonds is 10. The zero-order chi connectivity index (χ0) is 27.9. The molecule has 0 bridgehead atoms. The summed E-state index contributed by atoms with van der Waals surface area (Å²) in [6.45, 7) is 3.67. The summed E-state index contributed by atoms with van der Waals surface area (Å²) < 4.78 is 16.7. The lowest BCUT2D eigenvalue weighted by atomic mass is 9.87. The maximum absolute atomic E-state index is 14.5. The standard InChI is InChI=1S/C21H24FN3.C6H8O7/c1-2-25-19-12-6-5-11-18(19)24-20(25)15-23-21(13-7-8-14-21)16-9-3-4-10-17(16)22;7-3(8)1-6(13,5(11)12)2-4(9)10/h3-6,9-12,23H,2,7-8,13-15H2,1H3;13H,1-2H2,(H,7,8)(H,9,10)(H,11,12). The Morgan fingerprint density at radius 3 is 2.13 bits per heavy atom. The minimum Gasteiger partial charge on any atom is -0.481 e. The van der Waals surface area contributed by atoms with Gasteiger partial charge in [-0.25, -0.2) is 14.2 Å². The highest BCUT2D eigenvalue weighted by molar-refractivity contribution is 5.88. The molecule has 1 aromatic heterocycles. The van der Waals surface area contributed by atoms with E-state index in [2.05, 4.69) is 22.9 Å². The van der Waals surface area contributed by atoms with Gasteiger partial charge in [0.1, 0.15) is 11.6 Å². The van der Waals surface area contributed by atoms with Crippen molar-refractivity contribution >= 4 is 28.9 Å². The van der Waals surface area contributed by atoms with Crippen LogP contribution in [-0.2, 0) is 33.0 Å². The number of aliphatic hydroxyl groups is 1. The zero-order valence-corrected chi connectivity index (χ0v) is 21.1. The lowest BCUT2D eigenvalue weighted by molar-refractivity contribution is -0.170. The molecular weight excluding hydrogens is 497 g/mol. The summed E-state index contributed by atoms with van der Waals surface area (Å²) in [7, 11) is 0. The Kier molecular flexibility index (Phi) is 9.18. The zero-order valence-electron chi connectivity index (χ0n) is 21.1. The molecule has 0 unspecified atom stereocenters. The van der Waals surface area contributed by atoms with Crippen molar-refractivity contribution in [1.29, 1.82) is 0 Å². The summed E-state index contributed by atoms with van der Waals surface area (Å²) in [5, 5.41) is 37.5. The van der Waals surface area contributed by atoms with E-state index < -0.39 is 36.4 Å². The smallest absolute Gasteiger partial charge is 0.336 e. The largest absolute Gasteiger partial charge is 0.481 e. The Morgan fingerprint density at radius 2 is 1.58 bits per heavy atom. The number of nitrogens with zero attached hydrogens (tertiary/aromatic N) is 2. The minimum atomic E-state index is -2.74. The SMILES string of the molecule is CCn1c(CNC2(c3ccccc3F)CCCC2)nc2ccccc21.O=C(O)CC(O)(CC(=O)O)C(=O)O. The van der Waals surface area contributed by atoms with Gasteiger partial charge in [0.15, 0.2) is 5.60 Å². The van der Waals surface area contributed by atoms with Crippen LogP contribution < -0.4 is 5.32 Å². The van der Waals surface area contributed by atoms with E-state index >= 15 is 0 Å². The van der Waals surface area contributed by atoms with Crippen LogP contribution >= 0.6 is 0 Å². The van der Waals surface area contributed by atoms with E-state index in [9.17, 15) is 18.8 Å². The molecule has 0 saturated heterocycles. The van der Waals surface area contributed by atoms with Crippen molar-refractivity contribution in [1.82, 2.24) is 14.9 Å². The molecule has 204 valence electrons. The van der Waals surface area contributed by atoms with Crippen molar-refractivity contribution in [3.8, 4) is 0 Å². The number of carboxylic acid groups (broad SMARTS) is 3. The van der Waals surface area contributed by atoms with Gasteiger partial charge in [-0.05, 0) is 38.0 Å². The van der Waals surface area contributed by atoms with E-state index in [4.69, 9.17) is 25.4 Å². The van der Waals surface area contributed by atoms with E-state index in [0.717, 1.165) is 54.6 Å². The van der Waals surface area contributed by atoms with Gasteiger partial charge in [0.05, 0.1) is 30.4 Å². The molecule has 4 rings (SSSR count). The summed E-state index contributed by atoms with van der Waals surface area (Å²) in [6, 6.07) is 15.4. The van der Waals surface area contributed by atoms with E-state index in [1.54, 1.807) is 12.1 Å². The second-order valence-electron chi connectivity index (χ2n) is 9.36. The summed E-state index contributed by atoms with van der Waals surface area (Å²) >= 11 is 0. The van der Waals surface area contributed by atoms with Gasteiger partial charge in [-0.3, -0.25) is 9.59 Å². The number of nitrogens with one attached hydrogen (secondary N) is 1. The summed E-state index contributed by atoms with van der Waals surface area (Å²) in [5.74, 6) is -4.11. The molecule has 0 amide bonds. The summed E-state index contributed by atoms with van der Waals surface area (Å²) in [4.78, 5) is 35.3. The van der Waals surface area contributed by atoms with Crippen LogP contribution in [0.2, 0.25) is 0 Å². The van der Waals surface area contributed by atoms with Crippen LogP contribution in [0, 0.1) is 5.82 Å². The molecule has 10 nitrogen and oxygen atoms in total. The average molecular weight is 530 g/mol. The van der Waals surface area contributed by atoms with E-state index in [1.807, 2.05) is 30.3 Å². The summed E-state index contributed by atoms with van der Waals surface area (Å²) in [5.41, 5.74) is -0.0352. The first-order chi connectivity index (χ1) is 18.0. The Morgan fingerprint density at radius 1 is 1.00 bits per heavy atom. The lowest BCUT2D eigenvalue weighted by Crippen LogP contribution is -2.42. The third-order valence-corrected chi connectivity index (χ3v) is 6.77. The molecule has 5 N–H and O–H groups in total. The molecule has 0 atom stereocenters. The van der Waals surface area contributed by atoms with Crippen LogP contribution in [0.25, 0.3) is 11.0 Å². The van der Waals surface area contributed by atoms with Gasteiger partial charge >= 0.3 is 17.9 Å². The van der Waals surface area contributed by atoms with Crippen molar-refractivity contribution in [3.63, 3.8) is 0 Å². The lowest BCUT2D eigenvalue weighted by Gasteiger charge is -2.31. The van der Waals surface area contributed by atoms with Gasteiger partial charge in [-0.2, -0.15) is 0 Å². The number of fused-ring (bicyclic) bond motifs is 1. The molecule has 1 heterocycles. The number of halogens is 1. The van der Waals surface area contributed by atoms with Gasteiger partial charge < -0.3 is 30.3 Å². The first-order valence-corrected chi connectivity index (χ1v) is 12.3. The van der Waals surface area contributed by atoms with Crippen molar-refractivity contribution < 1.29 is 39.2 Å². The molecule has 1 fully saturated rings. The van der Waals surface area contributed by atoms with Crippen LogP contribution in [-0.4, -0.2) is 53.5 Å². The monoisotopic (exact) mass is 529 g/mol. The molecule has 11 heteroatoms. The van der Waals surface area contributed by atoms with Crippen molar-refractivity contribution in [2.75, 3.05) is 0 Å². The maximum Gasteiger partial charge on any atom is 0.336 e. The van der Waals surface area contributed by atoms with Crippen molar-refractivity contribution in [3.05, 3.63) is 65.7 Å².